The summed E-state index contributed by atoms with van der Waals surface area (Å²) in [6, 6.07) is 7.26. The van der Waals surface area contributed by atoms with E-state index in [4.69, 9.17) is 16.3 Å². The van der Waals surface area contributed by atoms with Gasteiger partial charge in [0.1, 0.15) is 12.4 Å². The quantitative estimate of drug-likeness (QED) is 0.905. The summed E-state index contributed by atoms with van der Waals surface area (Å²) in [6.45, 7) is 7.05. The number of amides is 1. The number of nitrogens with one attached hydrogen (secondary N) is 1. The van der Waals surface area contributed by atoms with E-state index in [1.807, 2.05) is 24.3 Å². The highest BCUT2D eigenvalue weighted by Gasteiger charge is 2.31. The van der Waals surface area contributed by atoms with Crippen molar-refractivity contribution in [2.75, 3.05) is 26.2 Å². The van der Waals surface area contributed by atoms with Gasteiger partial charge in [-0.1, -0.05) is 25.4 Å². The first kappa shape index (κ1) is 15.1. The van der Waals surface area contributed by atoms with Crippen LogP contribution in [0.4, 0.5) is 0 Å². The molecule has 1 heterocycles. The number of benzene rings is 1. The summed E-state index contributed by atoms with van der Waals surface area (Å²) in [6.07, 6.45) is 0. The van der Waals surface area contributed by atoms with Crippen LogP contribution in [-0.2, 0) is 4.79 Å². The maximum Gasteiger partial charge on any atom is 0.237 e. The molecule has 0 aromatic heterocycles. The van der Waals surface area contributed by atoms with Crippen molar-refractivity contribution < 1.29 is 9.53 Å². The third-order valence-electron chi connectivity index (χ3n) is 3.45. The average Bonchev–Trinajstić information content (AvgIpc) is 2.40. The third kappa shape index (κ3) is 3.87. The Labute approximate surface area is 125 Å². The number of hydrogen-bond acceptors (Lipinski definition) is 3. The largest absolute Gasteiger partial charge is 0.492 e. The van der Waals surface area contributed by atoms with Gasteiger partial charge in [0.15, 0.2) is 0 Å². The van der Waals surface area contributed by atoms with Gasteiger partial charge in [-0.25, -0.2) is 0 Å². The van der Waals surface area contributed by atoms with Crippen molar-refractivity contribution in [2.24, 2.45) is 5.92 Å². The molecule has 1 aliphatic heterocycles. The van der Waals surface area contributed by atoms with E-state index in [1.165, 1.54) is 0 Å². The van der Waals surface area contributed by atoms with E-state index in [-0.39, 0.29) is 11.9 Å². The summed E-state index contributed by atoms with van der Waals surface area (Å²) in [5.74, 6) is 1.22. The Morgan fingerprint density at radius 3 is 2.75 bits per heavy atom. The molecular formula is C15H21ClN2O2. The molecule has 1 aromatic carbocycles. The van der Waals surface area contributed by atoms with Crippen LogP contribution >= 0.6 is 11.6 Å². The summed E-state index contributed by atoms with van der Waals surface area (Å²) in [4.78, 5) is 14.1. The lowest BCUT2D eigenvalue weighted by atomic mass is 10.00. The van der Waals surface area contributed by atoms with Crippen molar-refractivity contribution in [3.05, 3.63) is 29.3 Å². The number of carbonyl (C=O) groups is 1. The third-order valence-corrected chi connectivity index (χ3v) is 3.70. The molecule has 0 spiro atoms. The van der Waals surface area contributed by atoms with Crippen molar-refractivity contribution in [2.45, 2.75) is 19.9 Å². The molecule has 1 atom stereocenters. The Morgan fingerprint density at radius 2 is 2.10 bits per heavy atom. The Hall–Kier alpha value is -1.26. The molecule has 0 aliphatic carbocycles. The van der Waals surface area contributed by atoms with Crippen molar-refractivity contribution in [3.63, 3.8) is 0 Å². The number of hydrogen-bond donors (Lipinski definition) is 1. The fourth-order valence-electron chi connectivity index (χ4n) is 2.52. The fraction of sp³-hybridized carbons (Fsp3) is 0.533. The molecule has 1 saturated heterocycles. The first-order valence-corrected chi connectivity index (χ1v) is 7.36. The summed E-state index contributed by atoms with van der Waals surface area (Å²) < 4.78 is 5.70. The molecule has 110 valence electrons. The highest BCUT2D eigenvalue weighted by atomic mass is 35.5. The smallest absolute Gasteiger partial charge is 0.237 e. The number of nitrogens with zero attached hydrogens (tertiary/aromatic N) is 1. The molecule has 4 nitrogen and oxygen atoms in total. The second kappa shape index (κ2) is 6.95. The molecule has 1 unspecified atom stereocenters. The maximum absolute atomic E-state index is 11.9. The zero-order chi connectivity index (χ0) is 14.5. The molecule has 5 heteroatoms. The number of carbonyl (C=O) groups excluding carboxylic acids is 1. The minimum Gasteiger partial charge on any atom is -0.492 e. The van der Waals surface area contributed by atoms with Crippen molar-refractivity contribution in [3.8, 4) is 5.75 Å². The summed E-state index contributed by atoms with van der Waals surface area (Å²) in [5.41, 5.74) is 0. The SMILES string of the molecule is CC(C)C1C(=O)NCCN1CCOc1ccc(Cl)cc1. The van der Waals surface area contributed by atoms with E-state index in [0.717, 1.165) is 18.8 Å². The minimum absolute atomic E-state index is 0.0578. The van der Waals surface area contributed by atoms with Gasteiger partial charge in [-0.15, -0.1) is 0 Å². The predicted molar refractivity (Wildman–Crippen MR) is 80.2 cm³/mol. The van der Waals surface area contributed by atoms with E-state index in [2.05, 4.69) is 24.1 Å². The first-order chi connectivity index (χ1) is 9.58. The standard InChI is InChI=1S/C15H21ClN2O2/c1-11(2)14-15(19)17-7-8-18(14)9-10-20-13-5-3-12(16)4-6-13/h3-6,11,14H,7-10H2,1-2H3,(H,17,19). The summed E-state index contributed by atoms with van der Waals surface area (Å²) in [5, 5.41) is 3.62. The maximum atomic E-state index is 11.9. The van der Waals surface area contributed by atoms with Crippen LogP contribution in [0.2, 0.25) is 5.02 Å². The Balaban J connectivity index is 1.85. The number of piperazine rings is 1. The molecule has 1 fully saturated rings. The monoisotopic (exact) mass is 296 g/mol. The Kier molecular flexibility index (Phi) is 5.26. The van der Waals surface area contributed by atoms with Crippen LogP contribution in [0.25, 0.3) is 0 Å². The topological polar surface area (TPSA) is 41.6 Å². The normalized spacial score (nSPS) is 20.0. The molecule has 1 amide bonds. The molecule has 0 bridgehead atoms. The lowest BCUT2D eigenvalue weighted by Gasteiger charge is -2.37. The van der Waals surface area contributed by atoms with Gasteiger partial charge < -0.3 is 10.1 Å². The molecule has 1 aliphatic rings. The van der Waals surface area contributed by atoms with Crippen LogP contribution in [0.3, 0.4) is 0 Å². The Bertz CT molecular complexity index is 448. The van der Waals surface area contributed by atoms with E-state index >= 15 is 0 Å². The van der Waals surface area contributed by atoms with E-state index in [0.29, 0.717) is 24.1 Å². The molecule has 0 saturated carbocycles. The van der Waals surface area contributed by atoms with Gasteiger partial charge in [-0.2, -0.15) is 0 Å². The van der Waals surface area contributed by atoms with Gasteiger partial charge in [-0.05, 0) is 30.2 Å². The molecule has 1 N–H and O–H groups in total. The van der Waals surface area contributed by atoms with Gasteiger partial charge in [0, 0.05) is 24.7 Å². The molecule has 20 heavy (non-hydrogen) atoms. The lowest BCUT2D eigenvalue weighted by molar-refractivity contribution is -0.130. The van der Waals surface area contributed by atoms with E-state index < -0.39 is 0 Å². The van der Waals surface area contributed by atoms with Gasteiger partial charge in [-0.3, -0.25) is 9.69 Å². The second-order valence-electron chi connectivity index (χ2n) is 5.32. The van der Waals surface area contributed by atoms with Gasteiger partial charge in [0.25, 0.3) is 0 Å². The number of ether oxygens (including phenoxy) is 1. The van der Waals surface area contributed by atoms with Crippen molar-refractivity contribution in [1.82, 2.24) is 10.2 Å². The predicted octanol–water partition coefficient (Wildman–Crippen LogP) is 2.18. The zero-order valence-electron chi connectivity index (χ0n) is 11.9. The fourth-order valence-corrected chi connectivity index (χ4v) is 2.65. The van der Waals surface area contributed by atoms with Crippen LogP contribution in [0.5, 0.6) is 5.75 Å². The average molecular weight is 297 g/mol. The van der Waals surface area contributed by atoms with Gasteiger partial charge in [0.2, 0.25) is 5.91 Å². The zero-order valence-corrected chi connectivity index (χ0v) is 12.7. The first-order valence-electron chi connectivity index (χ1n) is 6.98. The van der Waals surface area contributed by atoms with Crippen molar-refractivity contribution >= 4 is 17.5 Å². The van der Waals surface area contributed by atoms with Gasteiger partial charge >= 0.3 is 0 Å². The molecule has 0 radical (unpaired) electrons. The van der Waals surface area contributed by atoms with E-state index in [1.54, 1.807) is 0 Å². The number of rotatable bonds is 5. The second-order valence-corrected chi connectivity index (χ2v) is 5.75. The minimum atomic E-state index is -0.0578. The summed E-state index contributed by atoms with van der Waals surface area (Å²) >= 11 is 5.83. The van der Waals surface area contributed by atoms with E-state index in [9.17, 15) is 4.79 Å². The van der Waals surface area contributed by atoms with Crippen LogP contribution in [0.1, 0.15) is 13.8 Å². The van der Waals surface area contributed by atoms with Crippen LogP contribution < -0.4 is 10.1 Å². The van der Waals surface area contributed by atoms with Gasteiger partial charge in [0.05, 0.1) is 6.04 Å². The molecule has 2 rings (SSSR count). The highest BCUT2D eigenvalue weighted by molar-refractivity contribution is 6.30. The summed E-state index contributed by atoms with van der Waals surface area (Å²) in [7, 11) is 0. The van der Waals surface area contributed by atoms with Crippen LogP contribution in [0.15, 0.2) is 24.3 Å². The molecule has 1 aromatic rings. The molecular weight excluding hydrogens is 276 g/mol. The van der Waals surface area contributed by atoms with Crippen LogP contribution in [-0.4, -0.2) is 43.1 Å². The Morgan fingerprint density at radius 1 is 1.40 bits per heavy atom. The lowest BCUT2D eigenvalue weighted by Crippen LogP contribution is -2.58. The number of halogens is 1. The van der Waals surface area contributed by atoms with Crippen molar-refractivity contribution in [1.29, 1.82) is 0 Å². The highest BCUT2D eigenvalue weighted by Crippen LogP contribution is 2.17. The van der Waals surface area contributed by atoms with Crippen LogP contribution in [0, 0.1) is 5.92 Å².